The summed E-state index contributed by atoms with van der Waals surface area (Å²) in [6, 6.07) is 0. The van der Waals surface area contributed by atoms with E-state index in [-0.39, 0.29) is 31.1 Å². The first-order valence-electron chi connectivity index (χ1n) is 5.25. The van der Waals surface area contributed by atoms with Crippen LogP contribution in [0.5, 0.6) is 0 Å². The lowest BCUT2D eigenvalue weighted by atomic mass is 9.75. The molecular weight excluding hydrogens is 194 g/mol. The highest BCUT2D eigenvalue weighted by atomic mass is 16.3. The van der Waals surface area contributed by atoms with Gasteiger partial charge in [-0.3, -0.25) is 4.79 Å². The summed E-state index contributed by atoms with van der Waals surface area (Å²) in [7, 11) is 0. The third-order valence-corrected chi connectivity index (χ3v) is 2.36. The molecule has 0 heterocycles. The van der Waals surface area contributed by atoms with Crippen LogP contribution in [0.15, 0.2) is 0 Å². The molecule has 1 amide bonds. The van der Waals surface area contributed by atoms with E-state index in [4.69, 9.17) is 10.2 Å². The number of rotatable bonds is 6. The van der Waals surface area contributed by atoms with Crippen LogP contribution in [-0.2, 0) is 4.79 Å². The van der Waals surface area contributed by atoms with Gasteiger partial charge in [-0.25, -0.2) is 0 Å². The van der Waals surface area contributed by atoms with Crippen molar-refractivity contribution in [2.24, 2.45) is 10.8 Å². The van der Waals surface area contributed by atoms with Gasteiger partial charge in [-0.05, 0) is 11.8 Å². The molecular formula is C11H23NO3. The van der Waals surface area contributed by atoms with Gasteiger partial charge in [-0.2, -0.15) is 0 Å². The fourth-order valence-corrected chi connectivity index (χ4v) is 1.74. The maximum Gasteiger partial charge on any atom is 0.225 e. The number of aliphatic hydroxyl groups is 2. The highest BCUT2D eigenvalue weighted by Crippen LogP contribution is 2.33. The SMILES string of the molecule is CC(C)(CO)CC(C)(C)C(=O)NCCO. The average Bonchev–Trinajstić information content (AvgIpc) is 2.12. The fraction of sp³-hybridized carbons (Fsp3) is 0.909. The van der Waals surface area contributed by atoms with Crippen molar-refractivity contribution < 1.29 is 15.0 Å². The predicted molar refractivity (Wildman–Crippen MR) is 59.4 cm³/mol. The molecule has 0 aromatic rings. The van der Waals surface area contributed by atoms with E-state index in [0.29, 0.717) is 6.42 Å². The predicted octanol–water partition coefficient (Wildman–Crippen LogP) is 0.530. The van der Waals surface area contributed by atoms with E-state index in [1.165, 1.54) is 0 Å². The van der Waals surface area contributed by atoms with Crippen molar-refractivity contribution in [2.45, 2.75) is 34.1 Å². The lowest BCUT2D eigenvalue weighted by Crippen LogP contribution is -2.41. The summed E-state index contributed by atoms with van der Waals surface area (Å²) in [6.45, 7) is 7.83. The van der Waals surface area contributed by atoms with E-state index in [1.54, 1.807) is 0 Å². The van der Waals surface area contributed by atoms with Gasteiger partial charge >= 0.3 is 0 Å². The Balaban J connectivity index is 4.34. The standard InChI is InChI=1S/C11H23NO3/c1-10(2,8-14)7-11(3,4)9(15)12-5-6-13/h13-14H,5-8H2,1-4H3,(H,12,15). The first-order chi connectivity index (χ1) is 6.75. The quantitative estimate of drug-likeness (QED) is 0.608. The van der Waals surface area contributed by atoms with E-state index in [0.717, 1.165) is 0 Å². The molecule has 0 aromatic heterocycles. The highest BCUT2D eigenvalue weighted by molar-refractivity contribution is 5.81. The van der Waals surface area contributed by atoms with Gasteiger partial charge in [0, 0.05) is 18.6 Å². The van der Waals surface area contributed by atoms with Gasteiger partial charge in [0.25, 0.3) is 0 Å². The minimum absolute atomic E-state index is 0.0504. The molecule has 15 heavy (non-hydrogen) atoms. The van der Waals surface area contributed by atoms with Gasteiger partial charge in [0.1, 0.15) is 0 Å². The molecule has 4 heteroatoms. The highest BCUT2D eigenvalue weighted by Gasteiger charge is 2.34. The molecule has 3 N–H and O–H groups in total. The van der Waals surface area contributed by atoms with Gasteiger partial charge in [0.05, 0.1) is 6.61 Å². The molecule has 0 radical (unpaired) electrons. The molecule has 4 nitrogen and oxygen atoms in total. The first-order valence-corrected chi connectivity index (χ1v) is 5.25. The Morgan fingerprint density at radius 3 is 2.13 bits per heavy atom. The molecule has 90 valence electrons. The van der Waals surface area contributed by atoms with Gasteiger partial charge in [-0.15, -0.1) is 0 Å². The topological polar surface area (TPSA) is 69.6 Å². The van der Waals surface area contributed by atoms with E-state index in [2.05, 4.69) is 5.32 Å². The molecule has 0 atom stereocenters. The number of hydrogen-bond donors (Lipinski definition) is 3. The molecule has 0 saturated carbocycles. The third-order valence-electron chi connectivity index (χ3n) is 2.36. The van der Waals surface area contributed by atoms with E-state index in [9.17, 15) is 4.79 Å². The van der Waals surface area contributed by atoms with Crippen molar-refractivity contribution in [3.8, 4) is 0 Å². The molecule has 0 unspecified atom stereocenters. The van der Waals surface area contributed by atoms with Crippen LogP contribution >= 0.6 is 0 Å². The van der Waals surface area contributed by atoms with Crippen LogP contribution in [-0.4, -0.2) is 35.9 Å². The molecule has 0 aliphatic heterocycles. The normalized spacial score (nSPS) is 12.7. The summed E-state index contributed by atoms with van der Waals surface area (Å²) < 4.78 is 0. The monoisotopic (exact) mass is 217 g/mol. The lowest BCUT2D eigenvalue weighted by Gasteiger charge is -2.32. The Labute approximate surface area is 91.7 Å². The van der Waals surface area contributed by atoms with Crippen LogP contribution in [0.25, 0.3) is 0 Å². The van der Waals surface area contributed by atoms with E-state index in [1.807, 2.05) is 27.7 Å². The summed E-state index contributed by atoms with van der Waals surface area (Å²) in [5, 5.41) is 20.4. The van der Waals surface area contributed by atoms with E-state index >= 15 is 0 Å². The fourth-order valence-electron chi connectivity index (χ4n) is 1.74. The van der Waals surface area contributed by atoms with Gasteiger partial charge in [0.2, 0.25) is 5.91 Å². The minimum Gasteiger partial charge on any atom is -0.396 e. The molecule has 0 aliphatic rings. The zero-order valence-electron chi connectivity index (χ0n) is 10.1. The molecule has 0 fully saturated rings. The summed E-state index contributed by atoms with van der Waals surface area (Å²) >= 11 is 0. The van der Waals surface area contributed by atoms with E-state index < -0.39 is 5.41 Å². The van der Waals surface area contributed by atoms with Crippen molar-refractivity contribution >= 4 is 5.91 Å². The van der Waals surface area contributed by atoms with Crippen LogP contribution in [0, 0.1) is 10.8 Å². The summed E-state index contributed by atoms with van der Waals surface area (Å²) in [5.41, 5.74) is -0.790. The zero-order chi connectivity index (χ0) is 12.1. The number of carbonyl (C=O) groups excluding carboxylic acids is 1. The van der Waals surface area contributed by atoms with Crippen LogP contribution in [0.1, 0.15) is 34.1 Å². The Morgan fingerprint density at radius 2 is 1.73 bits per heavy atom. The first kappa shape index (κ1) is 14.4. The Hall–Kier alpha value is -0.610. The molecule has 0 aromatic carbocycles. The summed E-state index contributed by atoms with van der Waals surface area (Å²) in [5.74, 6) is -0.0851. The third kappa shape index (κ3) is 5.14. The number of carbonyl (C=O) groups is 1. The Kier molecular flexibility index (Phi) is 5.24. The van der Waals surface area contributed by atoms with Crippen LogP contribution in [0.3, 0.4) is 0 Å². The second kappa shape index (κ2) is 5.47. The average molecular weight is 217 g/mol. The number of hydrogen-bond acceptors (Lipinski definition) is 3. The van der Waals surface area contributed by atoms with Crippen LogP contribution in [0.2, 0.25) is 0 Å². The van der Waals surface area contributed by atoms with Crippen molar-refractivity contribution in [3.63, 3.8) is 0 Å². The van der Waals surface area contributed by atoms with Crippen LogP contribution in [0.4, 0.5) is 0 Å². The zero-order valence-corrected chi connectivity index (χ0v) is 10.1. The van der Waals surface area contributed by atoms with Crippen molar-refractivity contribution in [3.05, 3.63) is 0 Å². The number of aliphatic hydroxyl groups excluding tert-OH is 2. The molecule has 0 rings (SSSR count). The minimum atomic E-state index is -0.526. The maximum absolute atomic E-state index is 11.7. The lowest BCUT2D eigenvalue weighted by molar-refractivity contribution is -0.131. The number of amides is 1. The van der Waals surface area contributed by atoms with Gasteiger partial charge in [-0.1, -0.05) is 27.7 Å². The Morgan fingerprint density at radius 1 is 1.20 bits per heavy atom. The van der Waals surface area contributed by atoms with Gasteiger partial charge < -0.3 is 15.5 Å². The largest absolute Gasteiger partial charge is 0.396 e. The van der Waals surface area contributed by atoms with Gasteiger partial charge in [0.15, 0.2) is 0 Å². The second-order valence-corrected chi connectivity index (χ2v) is 5.36. The Bertz CT molecular complexity index is 212. The summed E-state index contributed by atoms with van der Waals surface area (Å²) in [4.78, 5) is 11.7. The molecule has 0 aliphatic carbocycles. The maximum atomic E-state index is 11.7. The van der Waals surface area contributed by atoms with Crippen LogP contribution < -0.4 is 5.32 Å². The van der Waals surface area contributed by atoms with Crippen molar-refractivity contribution in [2.75, 3.05) is 19.8 Å². The summed E-state index contributed by atoms with van der Waals surface area (Å²) in [6.07, 6.45) is 0.605. The smallest absolute Gasteiger partial charge is 0.225 e. The van der Waals surface area contributed by atoms with Crippen molar-refractivity contribution in [1.82, 2.24) is 5.32 Å². The number of nitrogens with one attached hydrogen (secondary N) is 1. The second-order valence-electron chi connectivity index (χ2n) is 5.36. The molecule has 0 spiro atoms. The van der Waals surface area contributed by atoms with Crippen molar-refractivity contribution in [1.29, 1.82) is 0 Å². The molecule has 0 saturated heterocycles. The molecule has 0 bridgehead atoms.